The molecule has 11 heteroatoms. The number of hydrogen-bond acceptors (Lipinski definition) is 6. The van der Waals surface area contributed by atoms with E-state index in [4.69, 9.17) is 0 Å². The number of hydrogen-bond donors (Lipinski definition) is 1. The molecule has 5 rings (SSSR count). The van der Waals surface area contributed by atoms with Crippen molar-refractivity contribution in [3.05, 3.63) is 88.5 Å². The maximum Gasteiger partial charge on any atom is 0.266 e. The maximum absolute atomic E-state index is 14.7. The standard InChI is InChI=1S/C28H27FN4O4S2/c1-19-13-14-23(25(17-19)39(36,37)32-15-7-2-8-16-32)30-26(34)18-38-28-31-22-11-5-3-9-20(22)27(35)33(28)24-12-6-4-10-21(24)29/h3-6,9-14,17H,2,7-8,15-16,18H2,1H3,(H,30,34). The van der Waals surface area contributed by atoms with Crippen LogP contribution >= 0.6 is 11.8 Å². The summed E-state index contributed by atoms with van der Waals surface area (Å²) in [4.78, 5) is 31.0. The van der Waals surface area contributed by atoms with Gasteiger partial charge in [0.2, 0.25) is 15.9 Å². The van der Waals surface area contributed by atoms with Crippen LogP contribution in [0.5, 0.6) is 0 Å². The van der Waals surface area contributed by atoms with Gasteiger partial charge in [-0.2, -0.15) is 4.31 Å². The predicted octanol–water partition coefficient (Wildman–Crippen LogP) is 4.74. The third kappa shape index (κ3) is 5.61. The van der Waals surface area contributed by atoms with Gasteiger partial charge in [0.15, 0.2) is 5.16 Å². The Morgan fingerprint density at radius 1 is 1.03 bits per heavy atom. The normalized spacial score (nSPS) is 14.4. The number of nitrogens with zero attached hydrogens (tertiary/aromatic N) is 3. The van der Waals surface area contributed by atoms with E-state index in [1.54, 1.807) is 55.5 Å². The summed E-state index contributed by atoms with van der Waals surface area (Å²) in [5, 5.41) is 3.18. The van der Waals surface area contributed by atoms with Crippen molar-refractivity contribution in [2.75, 3.05) is 24.2 Å². The fourth-order valence-corrected chi connectivity index (χ4v) is 7.12. The van der Waals surface area contributed by atoms with E-state index in [0.717, 1.165) is 41.2 Å². The number of halogens is 1. The Morgan fingerprint density at radius 2 is 1.74 bits per heavy atom. The number of thioether (sulfide) groups is 1. The van der Waals surface area contributed by atoms with Crippen LogP contribution in [0.3, 0.4) is 0 Å². The summed E-state index contributed by atoms with van der Waals surface area (Å²) in [6.07, 6.45) is 2.58. The maximum atomic E-state index is 14.7. The number of para-hydroxylation sites is 2. The number of amides is 1. The van der Waals surface area contributed by atoms with Gasteiger partial charge in [0.25, 0.3) is 5.56 Å². The molecule has 0 spiro atoms. The van der Waals surface area contributed by atoms with Crippen molar-refractivity contribution >= 4 is 44.3 Å². The highest BCUT2D eigenvalue weighted by molar-refractivity contribution is 7.99. The van der Waals surface area contributed by atoms with Crippen molar-refractivity contribution in [3.63, 3.8) is 0 Å². The third-order valence-corrected chi connectivity index (χ3v) is 9.39. The highest BCUT2D eigenvalue weighted by Crippen LogP contribution is 2.29. The Labute approximate surface area is 229 Å². The Kier molecular flexibility index (Phi) is 7.83. The van der Waals surface area contributed by atoms with Crippen LogP contribution in [0.4, 0.5) is 10.1 Å². The number of piperidine rings is 1. The number of carbonyl (C=O) groups excluding carboxylic acids is 1. The van der Waals surface area contributed by atoms with E-state index in [0.29, 0.717) is 24.0 Å². The zero-order valence-electron chi connectivity index (χ0n) is 21.3. The van der Waals surface area contributed by atoms with E-state index in [9.17, 15) is 22.4 Å². The molecule has 0 radical (unpaired) electrons. The first-order valence-electron chi connectivity index (χ1n) is 12.6. The summed E-state index contributed by atoms with van der Waals surface area (Å²) >= 11 is 0.965. The molecular formula is C28H27FN4O4S2. The van der Waals surface area contributed by atoms with Crippen LogP contribution in [0, 0.1) is 12.7 Å². The second-order valence-electron chi connectivity index (χ2n) is 9.30. The molecule has 0 aliphatic carbocycles. The molecule has 2 heterocycles. The Bertz CT molecular complexity index is 1720. The van der Waals surface area contributed by atoms with Crippen LogP contribution in [0.2, 0.25) is 0 Å². The van der Waals surface area contributed by atoms with Gasteiger partial charge < -0.3 is 5.32 Å². The monoisotopic (exact) mass is 566 g/mol. The molecule has 1 fully saturated rings. The van der Waals surface area contributed by atoms with Crippen molar-refractivity contribution in [3.8, 4) is 5.69 Å². The number of anilines is 1. The van der Waals surface area contributed by atoms with E-state index >= 15 is 0 Å². The minimum absolute atomic E-state index is 0.0251. The lowest BCUT2D eigenvalue weighted by molar-refractivity contribution is -0.113. The lowest BCUT2D eigenvalue weighted by Gasteiger charge is -2.27. The second-order valence-corrected chi connectivity index (χ2v) is 12.2. The summed E-state index contributed by atoms with van der Waals surface area (Å²) in [6, 6.07) is 17.5. The molecule has 1 saturated heterocycles. The number of rotatable bonds is 7. The second kappa shape index (κ2) is 11.3. The molecule has 3 aromatic carbocycles. The summed E-state index contributed by atoms with van der Waals surface area (Å²) in [6.45, 7) is 2.69. The van der Waals surface area contributed by atoms with Gasteiger partial charge in [0, 0.05) is 13.1 Å². The number of aromatic nitrogens is 2. The zero-order valence-corrected chi connectivity index (χ0v) is 22.9. The SMILES string of the molecule is Cc1ccc(NC(=O)CSc2nc3ccccc3c(=O)n2-c2ccccc2F)c(S(=O)(=O)N2CCCCC2)c1. The minimum atomic E-state index is -3.79. The van der Waals surface area contributed by atoms with Gasteiger partial charge in [-0.15, -0.1) is 0 Å². The van der Waals surface area contributed by atoms with Gasteiger partial charge in [-0.25, -0.2) is 17.8 Å². The summed E-state index contributed by atoms with van der Waals surface area (Å²) in [7, 11) is -3.79. The number of carbonyl (C=O) groups is 1. The van der Waals surface area contributed by atoms with Crippen LogP contribution in [0.25, 0.3) is 16.6 Å². The number of nitrogens with one attached hydrogen (secondary N) is 1. The highest BCUT2D eigenvalue weighted by Gasteiger charge is 2.29. The predicted molar refractivity (Wildman–Crippen MR) is 150 cm³/mol. The molecule has 0 bridgehead atoms. The van der Waals surface area contributed by atoms with Crippen molar-refractivity contribution in [1.29, 1.82) is 0 Å². The van der Waals surface area contributed by atoms with Crippen molar-refractivity contribution in [2.45, 2.75) is 36.2 Å². The molecule has 1 amide bonds. The molecule has 8 nitrogen and oxygen atoms in total. The van der Waals surface area contributed by atoms with E-state index in [1.807, 2.05) is 0 Å². The quantitative estimate of drug-likeness (QED) is 0.256. The lowest BCUT2D eigenvalue weighted by Crippen LogP contribution is -2.36. The number of aryl methyl sites for hydroxylation is 1. The molecule has 202 valence electrons. The number of fused-ring (bicyclic) bond motifs is 1. The first-order valence-corrected chi connectivity index (χ1v) is 15.0. The number of benzene rings is 3. The molecule has 1 aliphatic rings. The van der Waals surface area contributed by atoms with Gasteiger partial charge >= 0.3 is 0 Å². The summed E-state index contributed by atoms with van der Waals surface area (Å²) in [5.74, 6) is -1.27. The summed E-state index contributed by atoms with van der Waals surface area (Å²) < 4.78 is 44.2. The fourth-order valence-electron chi connectivity index (χ4n) is 4.56. The highest BCUT2D eigenvalue weighted by atomic mass is 32.2. The van der Waals surface area contributed by atoms with E-state index in [1.165, 1.54) is 22.5 Å². The molecule has 1 aromatic heterocycles. The largest absolute Gasteiger partial charge is 0.324 e. The summed E-state index contributed by atoms with van der Waals surface area (Å²) in [5.41, 5.74) is 0.938. The van der Waals surface area contributed by atoms with E-state index in [2.05, 4.69) is 10.3 Å². The Morgan fingerprint density at radius 3 is 2.51 bits per heavy atom. The molecule has 0 unspecified atom stereocenters. The average Bonchev–Trinajstić information content (AvgIpc) is 2.94. The third-order valence-electron chi connectivity index (χ3n) is 6.51. The van der Waals surface area contributed by atoms with Crippen LogP contribution in [0.15, 0.2) is 81.6 Å². The molecule has 4 aromatic rings. The molecule has 0 atom stereocenters. The van der Waals surface area contributed by atoms with Gasteiger partial charge in [0.05, 0.1) is 28.0 Å². The molecule has 0 saturated carbocycles. The molecular weight excluding hydrogens is 539 g/mol. The van der Waals surface area contributed by atoms with Gasteiger partial charge in [0.1, 0.15) is 10.7 Å². The number of sulfonamides is 1. The zero-order chi connectivity index (χ0) is 27.6. The molecule has 39 heavy (non-hydrogen) atoms. The van der Waals surface area contributed by atoms with Crippen LogP contribution in [0.1, 0.15) is 24.8 Å². The van der Waals surface area contributed by atoms with Crippen molar-refractivity contribution in [2.24, 2.45) is 0 Å². The van der Waals surface area contributed by atoms with Crippen LogP contribution in [-0.2, 0) is 14.8 Å². The first-order chi connectivity index (χ1) is 18.8. The topological polar surface area (TPSA) is 101 Å². The Balaban J connectivity index is 1.44. The molecule has 1 N–H and O–H groups in total. The minimum Gasteiger partial charge on any atom is -0.324 e. The molecule has 1 aliphatic heterocycles. The first kappa shape index (κ1) is 27.0. The van der Waals surface area contributed by atoms with Crippen molar-refractivity contribution < 1.29 is 17.6 Å². The van der Waals surface area contributed by atoms with E-state index in [-0.39, 0.29) is 27.2 Å². The van der Waals surface area contributed by atoms with Crippen LogP contribution in [-0.4, -0.2) is 47.0 Å². The van der Waals surface area contributed by atoms with Crippen LogP contribution < -0.4 is 10.9 Å². The smallest absolute Gasteiger partial charge is 0.266 e. The average molecular weight is 567 g/mol. The van der Waals surface area contributed by atoms with Gasteiger partial charge in [-0.1, -0.05) is 48.5 Å². The van der Waals surface area contributed by atoms with E-state index < -0.39 is 27.3 Å². The van der Waals surface area contributed by atoms with Crippen molar-refractivity contribution in [1.82, 2.24) is 13.9 Å². The Hall–Kier alpha value is -3.54. The van der Waals surface area contributed by atoms with Gasteiger partial charge in [-0.3, -0.25) is 14.2 Å². The fraction of sp³-hybridized carbons (Fsp3) is 0.250. The lowest BCUT2D eigenvalue weighted by atomic mass is 10.2. The van der Waals surface area contributed by atoms with Gasteiger partial charge in [-0.05, 0) is 61.7 Å².